The van der Waals surface area contributed by atoms with Gasteiger partial charge in [-0.3, -0.25) is 14.4 Å². The van der Waals surface area contributed by atoms with E-state index in [1.54, 1.807) is 0 Å². The molecule has 0 heterocycles. The van der Waals surface area contributed by atoms with Gasteiger partial charge in [0.1, 0.15) is 13.2 Å². The molecule has 0 radical (unpaired) electrons. The van der Waals surface area contributed by atoms with Crippen LogP contribution in [0.25, 0.3) is 0 Å². The highest BCUT2D eigenvalue weighted by atomic mass is 16.6. The third-order valence-corrected chi connectivity index (χ3v) is 12.5. The Hall–Kier alpha value is -3.93. The van der Waals surface area contributed by atoms with Crippen molar-refractivity contribution in [2.45, 2.75) is 277 Å². The molecule has 0 aliphatic rings. The number of rotatable bonds is 53. The van der Waals surface area contributed by atoms with E-state index in [0.29, 0.717) is 19.3 Å². The van der Waals surface area contributed by atoms with Gasteiger partial charge in [-0.15, -0.1) is 0 Å². The Bertz CT molecular complexity index is 1470. The van der Waals surface area contributed by atoms with Crippen LogP contribution in [0.4, 0.5) is 0 Å². The van der Waals surface area contributed by atoms with Crippen molar-refractivity contribution < 1.29 is 28.6 Å². The van der Waals surface area contributed by atoms with Crippen LogP contribution in [0.15, 0.2) is 109 Å². The van der Waals surface area contributed by atoms with Crippen LogP contribution < -0.4 is 0 Å². The maximum absolute atomic E-state index is 12.8. The van der Waals surface area contributed by atoms with Crippen molar-refractivity contribution in [2.75, 3.05) is 13.2 Å². The number of hydrogen-bond acceptors (Lipinski definition) is 6. The number of esters is 3. The summed E-state index contributed by atoms with van der Waals surface area (Å²) >= 11 is 0. The highest BCUT2D eigenvalue weighted by molar-refractivity contribution is 5.71. The van der Waals surface area contributed by atoms with Gasteiger partial charge >= 0.3 is 17.9 Å². The fourth-order valence-electron chi connectivity index (χ4n) is 8.04. The van der Waals surface area contributed by atoms with Gasteiger partial charge in [-0.05, 0) is 109 Å². The molecular weight excluding hydrogens is 889 g/mol. The predicted molar refractivity (Wildman–Crippen MR) is 311 cm³/mol. The van der Waals surface area contributed by atoms with Crippen molar-refractivity contribution in [2.24, 2.45) is 0 Å². The average Bonchev–Trinajstić information content (AvgIpc) is 3.38. The standard InChI is InChI=1S/C66H110O6/c1-4-7-10-13-15-17-19-21-23-25-26-27-28-29-30-31-32-33-34-35-36-37-38-39-40-41-43-44-46-48-50-53-56-59-65(68)71-62-63(61-70-64(67)58-55-52-12-9-6-3)72-66(69)60-57-54-51-49-47-45-42-24-22-20-18-16-14-11-8-5-2/h7,10,15,17,21,23-24,26-27,29-30,32-33,35-36,38-39,42,63H,4-6,8-9,11-14,16,18-20,22,25,28,31,34,37,40-41,43-62H2,1-3H3/b10-7-,17-15-,23-21-,27-26-,30-29-,33-32-,36-35-,39-38-,42-24-. The molecule has 6 heteroatoms. The summed E-state index contributed by atoms with van der Waals surface area (Å²) in [5.74, 6) is -0.914. The lowest BCUT2D eigenvalue weighted by molar-refractivity contribution is -0.167. The largest absolute Gasteiger partial charge is 0.462 e. The Morgan fingerprint density at radius 2 is 0.542 bits per heavy atom. The Balaban J connectivity index is 4.08. The number of allylic oxidation sites excluding steroid dienone is 18. The number of unbranched alkanes of at least 4 members (excludes halogenated alkanes) is 24. The summed E-state index contributed by atoms with van der Waals surface area (Å²) in [4.78, 5) is 37.8. The molecule has 0 N–H and O–H groups in total. The first kappa shape index (κ1) is 68.1. The summed E-state index contributed by atoms with van der Waals surface area (Å²) in [5, 5.41) is 0. The summed E-state index contributed by atoms with van der Waals surface area (Å²) < 4.78 is 16.7. The summed E-state index contributed by atoms with van der Waals surface area (Å²) in [7, 11) is 0. The van der Waals surface area contributed by atoms with Gasteiger partial charge < -0.3 is 14.2 Å². The molecule has 0 bridgehead atoms. The van der Waals surface area contributed by atoms with Crippen LogP contribution in [0.1, 0.15) is 271 Å². The molecule has 0 saturated carbocycles. The zero-order chi connectivity index (χ0) is 52.2. The monoisotopic (exact) mass is 999 g/mol. The minimum absolute atomic E-state index is 0.0841. The SMILES string of the molecule is CC/C=C\C/C=C\C/C=C\C/C=C\C/C=C\C/C=C\C/C=C\C/C=C\CCCCCCCCCCC(=O)OCC(COC(=O)CCCCCCC)OC(=O)CCCCCCC/C=C\CCCCCCCCC. The predicted octanol–water partition coefficient (Wildman–Crippen LogP) is 20.3. The molecule has 0 aliphatic carbocycles. The number of ether oxygens (including phenoxy) is 3. The maximum atomic E-state index is 12.8. The van der Waals surface area contributed by atoms with Crippen molar-refractivity contribution in [3.63, 3.8) is 0 Å². The number of carbonyl (C=O) groups is 3. The zero-order valence-electron chi connectivity index (χ0n) is 46.9. The molecule has 0 aliphatic heterocycles. The minimum atomic E-state index is -0.782. The molecule has 0 saturated heterocycles. The Labute approximate surface area is 444 Å². The third-order valence-electron chi connectivity index (χ3n) is 12.5. The molecular formula is C66H110O6. The molecule has 0 aromatic rings. The summed E-state index contributed by atoms with van der Waals surface area (Å²) in [6.07, 6.45) is 81.3. The number of hydrogen-bond donors (Lipinski definition) is 0. The molecule has 410 valence electrons. The van der Waals surface area contributed by atoms with Crippen molar-refractivity contribution in [3.8, 4) is 0 Å². The van der Waals surface area contributed by atoms with Gasteiger partial charge in [-0.2, -0.15) is 0 Å². The van der Waals surface area contributed by atoms with E-state index < -0.39 is 6.10 Å². The van der Waals surface area contributed by atoms with Gasteiger partial charge in [0.2, 0.25) is 0 Å². The number of carbonyl (C=O) groups excluding carboxylic acids is 3. The van der Waals surface area contributed by atoms with Gasteiger partial charge in [0.05, 0.1) is 0 Å². The average molecular weight is 1000 g/mol. The summed E-state index contributed by atoms with van der Waals surface area (Å²) in [5.41, 5.74) is 0. The first-order chi connectivity index (χ1) is 35.5. The van der Waals surface area contributed by atoms with E-state index in [1.165, 1.54) is 96.3 Å². The molecule has 0 amide bonds. The first-order valence-electron chi connectivity index (χ1n) is 29.9. The Morgan fingerprint density at radius 3 is 0.861 bits per heavy atom. The second-order valence-electron chi connectivity index (χ2n) is 19.5. The molecule has 72 heavy (non-hydrogen) atoms. The van der Waals surface area contributed by atoms with Crippen molar-refractivity contribution >= 4 is 17.9 Å². The zero-order valence-corrected chi connectivity index (χ0v) is 46.9. The lowest BCUT2D eigenvalue weighted by Gasteiger charge is -2.18. The van der Waals surface area contributed by atoms with Gasteiger partial charge in [-0.25, -0.2) is 0 Å². The Morgan fingerprint density at radius 1 is 0.292 bits per heavy atom. The highest BCUT2D eigenvalue weighted by Gasteiger charge is 2.19. The molecule has 0 aromatic heterocycles. The lowest BCUT2D eigenvalue weighted by Crippen LogP contribution is -2.30. The highest BCUT2D eigenvalue weighted by Crippen LogP contribution is 2.14. The van der Waals surface area contributed by atoms with Crippen molar-refractivity contribution in [3.05, 3.63) is 109 Å². The second kappa shape index (κ2) is 59.6. The van der Waals surface area contributed by atoms with Crippen LogP contribution in [0, 0.1) is 0 Å². The summed E-state index contributed by atoms with van der Waals surface area (Å²) in [6.45, 7) is 6.43. The van der Waals surface area contributed by atoms with Gasteiger partial charge in [0, 0.05) is 19.3 Å². The third kappa shape index (κ3) is 57.0. The van der Waals surface area contributed by atoms with Gasteiger partial charge in [-0.1, -0.05) is 252 Å². The van der Waals surface area contributed by atoms with Crippen LogP contribution in [-0.4, -0.2) is 37.2 Å². The molecule has 1 atom stereocenters. The first-order valence-corrected chi connectivity index (χ1v) is 29.9. The summed E-state index contributed by atoms with van der Waals surface area (Å²) in [6, 6.07) is 0. The van der Waals surface area contributed by atoms with Crippen LogP contribution in [0.5, 0.6) is 0 Å². The van der Waals surface area contributed by atoms with E-state index in [2.05, 4.69) is 130 Å². The molecule has 6 nitrogen and oxygen atoms in total. The van der Waals surface area contributed by atoms with Gasteiger partial charge in [0.15, 0.2) is 6.10 Å². The fourth-order valence-corrected chi connectivity index (χ4v) is 8.04. The maximum Gasteiger partial charge on any atom is 0.306 e. The van der Waals surface area contributed by atoms with E-state index in [-0.39, 0.29) is 31.1 Å². The normalized spacial score (nSPS) is 12.9. The van der Waals surface area contributed by atoms with Crippen LogP contribution in [-0.2, 0) is 28.6 Å². The van der Waals surface area contributed by atoms with E-state index in [0.717, 1.165) is 135 Å². The minimum Gasteiger partial charge on any atom is -0.462 e. The Kier molecular flexibility index (Phi) is 56.4. The molecule has 0 rings (SSSR count). The van der Waals surface area contributed by atoms with E-state index in [1.807, 2.05) is 0 Å². The van der Waals surface area contributed by atoms with Crippen molar-refractivity contribution in [1.82, 2.24) is 0 Å². The second-order valence-corrected chi connectivity index (χ2v) is 19.5. The topological polar surface area (TPSA) is 78.9 Å². The molecule has 0 spiro atoms. The fraction of sp³-hybridized carbons (Fsp3) is 0.682. The molecule has 1 unspecified atom stereocenters. The van der Waals surface area contributed by atoms with Crippen LogP contribution in [0.3, 0.4) is 0 Å². The quantitative estimate of drug-likeness (QED) is 0.0261. The van der Waals surface area contributed by atoms with Crippen LogP contribution >= 0.6 is 0 Å². The van der Waals surface area contributed by atoms with Crippen molar-refractivity contribution in [1.29, 1.82) is 0 Å². The molecule has 0 aromatic carbocycles. The van der Waals surface area contributed by atoms with E-state index in [4.69, 9.17) is 14.2 Å². The molecule has 0 fully saturated rings. The lowest BCUT2D eigenvalue weighted by atomic mass is 10.1. The van der Waals surface area contributed by atoms with E-state index >= 15 is 0 Å². The van der Waals surface area contributed by atoms with Gasteiger partial charge in [0.25, 0.3) is 0 Å². The van der Waals surface area contributed by atoms with E-state index in [9.17, 15) is 14.4 Å². The smallest absolute Gasteiger partial charge is 0.306 e. The van der Waals surface area contributed by atoms with Crippen LogP contribution in [0.2, 0.25) is 0 Å².